The molecule has 0 rings (SSSR count). The van der Waals surface area contributed by atoms with Gasteiger partial charge in [0.2, 0.25) is 0 Å². The smallest absolute Gasteiger partial charge is 0.850 e. The fourth-order valence-electron chi connectivity index (χ4n) is 0. The second-order valence-corrected chi connectivity index (χ2v) is 2.34. The molecule has 48 valence electrons. The first-order chi connectivity index (χ1) is 3.41. The van der Waals surface area contributed by atoms with E-state index in [-0.39, 0.29) is 51.4 Å². The Labute approximate surface area is 99.7 Å². The quantitative estimate of drug-likeness (QED) is 0.367. The van der Waals surface area contributed by atoms with Crippen molar-refractivity contribution in [2.45, 2.75) is 33.3 Å². The molecule has 0 heterocycles. The van der Waals surface area contributed by atoms with Crippen LogP contribution in [0.2, 0.25) is 0 Å². The molecular weight excluding hydrogens is 141 g/mol. The van der Waals surface area contributed by atoms with Crippen molar-refractivity contribution >= 4 is 0 Å². The van der Waals surface area contributed by atoms with Crippen LogP contribution in [0.15, 0.2) is 0 Å². The summed E-state index contributed by atoms with van der Waals surface area (Å²) in [6.45, 7) is 6.33. The van der Waals surface area contributed by atoms with Crippen molar-refractivity contribution in [3.8, 4) is 6.07 Å². The summed E-state index contributed by atoms with van der Waals surface area (Å²) in [5, 5.41) is 17.4. The van der Waals surface area contributed by atoms with Crippen molar-refractivity contribution < 1.29 is 56.5 Å². The summed E-state index contributed by atoms with van der Waals surface area (Å²) in [6, 6.07) is 1.75. The third-order valence-corrected chi connectivity index (χ3v) is 0. The van der Waals surface area contributed by atoms with Crippen LogP contribution >= 0.6 is 0 Å². The molecule has 0 aliphatic carbocycles. The summed E-state index contributed by atoms with van der Waals surface area (Å²) in [5.74, 6) is 0. The van der Waals surface area contributed by atoms with Gasteiger partial charge in [0.25, 0.3) is 0 Å². The summed E-state index contributed by atoms with van der Waals surface area (Å²) >= 11 is 0. The van der Waals surface area contributed by atoms with Gasteiger partial charge in [0.1, 0.15) is 0 Å². The molecule has 0 fully saturated rings. The minimum Gasteiger partial charge on any atom is -0.850 e. The molecule has 0 unspecified atom stereocenters. The van der Waals surface area contributed by atoms with Crippen LogP contribution in [0.25, 0.3) is 0 Å². The van der Waals surface area contributed by atoms with Gasteiger partial charge in [-0.2, -0.15) is 5.26 Å². The van der Waals surface area contributed by atoms with Gasteiger partial charge in [-0.3, -0.25) is 0 Å². The van der Waals surface area contributed by atoms with Gasteiger partial charge in [-0.25, -0.2) is 0 Å². The van der Waals surface area contributed by atoms with E-state index in [0.29, 0.717) is 0 Å². The Morgan fingerprint density at radius 1 is 1.33 bits per heavy atom. The maximum atomic E-state index is 10.1. The van der Waals surface area contributed by atoms with Crippen LogP contribution < -0.4 is 56.5 Å². The van der Waals surface area contributed by atoms with Crippen molar-refractivity contribution in [1.29, 1.82) is 5.26 Å². The predicted molar refractivity (Wildman–Crippen MR) is 31.0 cm³/mol. The summed E-state index contributed by atoms with van der Waals surface area (Å²) in [7, 11) is 0. The Hall–Kier alpha value is 1.09. The minimum absolute atomic E-state index is 0. The molecular formula is C6H12KNO. The number of nitriles is 1. The molecule has 0 saturated carbocycles. The molecule has 0 spiro atoms. The van der Waals surface area contributed by atoms with Crippen LogP contribution in [0, 0.1) is 11.3 Å². The largest absolute Gasteiger partial charge is 1.00 e. The molecule has 0 aromatic heterocycles. The Kier molecular flexibility index (Phi) is 16.7. The molecule has 0 aromatic rings. The van der Waals surface area contributed by atoms with Crippen LogP contribution in [0.3, 0.4) is 0 Å². The SMILES string of the molecule is CC#N.CC(C)(C)[O-].[K+]. The van der Waals surface area contributed by atoms with E-state index in [0.717, 1.165) is 0 Å². The molecule has 0 N–H and O–H groups in total. The maximum absolute atomic E-state index is 10.1. The van der Waals surface area contributed by atoms with Crippen molar-refractivity contribution in [2.75, 3.05) is 0 Å². The molecule has 9 heavy (non-hydrogen) atoms. The van der Waals surface area contributed by atoms with Crippen molar-refractivity contribution in [3.63, 3.8) is 0 Å². The van der Waals surface area contributed by atoms with Crippen molar-refractivity contribution in [1.82, 2.24) is 0 Å². The summed E-state index contributed by atoms with van der Waals surface area (Å²) < 4.78 is 0. The second-order valence-electron chi connectivity index (χ2n) is 2.34. The van der Waals surface area contributed by atoms with Crippen LogP contribution in [0.5, 0.6) is 0 Å². The fraction of sp³-hybridized carbons (Fsp3) is 0.833. The third kappa shape index (κ3) is 387. The van der Waals surface area contributed by atoms with Gasteiger partial charge in [-0.15, -0.1) is 5.60 Å². The Morgan fingerprint density at radius 3 is 1.33 bits per heavy atom. The van der Waals surface area contributed by atoms with Crippen LogP contribution in [0.1, 0.15) is 27.7 Å². The zero-order valence-electron chi connectivity index (χ0n) is 6.86. The number of hydrogen-bond donors (Lipinski definition) is 0. The second kappa shape index (κ2) is 9.09. The topological polar surface area (TPSA) is 46.8 Å². The molecule has 2 nitrogen and oxygen atoms in total. The third-order valence-electron chi connectivity index (χ3n) is 0. The normalized spacial score (nSPS) is 7.56. The monoisotopic (exact) mass is 153 g/mol. The molecule has 0 aromatic carbocycles. The predicted octanol–water partition coefficient (Wildman–Crippen LogP) is -2.32. The maximum Gasteiger partial charge on any atom is 1.00 e. The Balaban J connectivity index is -0.0000000800. The van der Waals surface area contributed by atoms with E-state index in [9.17, 15) is 5.11 Å². The van der Waals surface area contributed by atoms with E-state index >= 15 is 0 Å². The molecule has 0 aliphatic heterocycles. The van der Waals surface area contributed by atoms with E-state index in [4.69, 9.17) is 5.26 Å². The van der Waals surface area contributed by atoms with Gasteiger partial charge in [-0.05, 0) is 0 Å². The van der Waals surface area contributed by atoms with Gasteiger partial charge in [-0.1, -0.05) is 20.8 Å². The van der Waals surface area contributed by atoms with Crippen LogP contribution in [0.4, 0.5) is 0 Å². The average molecular weight is 153 g/mol. The molecule has 0 aliphatic rings. The van der Waals surface area contributed by atoms with Crippen LogP contribution in [-0.4, -0.2) is 5.60 Å². The molecule has 0 bridgehead atoms. The number of nitrogens with zero attached hydrogens (tertiary/aromatic N) is 1. The molecule has 0 saturated heterocycles. The minimum atomic E-state index is -0.750. The first-order valence-electron chi connectivity index (χ1n) is 2.43. The molecule has 0 amide bonds. The van der Waals surface area contributed by atoms with Gasteiger partial charge < -0.3 is 5.11 Å². The molecule has 3 heteroatoms. The zero-order chi connectivity index (χ0) is 7.21. The van der Waals surface area contributed by atoms with Crippen LogP contribution in [-0.2, 0) is 0 Å². The average Bonchev–Trinajstić information content (AvgIpc) is 1.27. The van der Waals surface area contributed by atoms with Crippen molar-refractivity contribution in [3.05, 3.63) is 0 Å². The van der Waals surface area contributed by atoms with Gasteiger partial charge in [0.05, 0.1) is 6.07 Å². The zero-order valence-corrected chi connectivity index (χ0v) is 9.98. The van der Waals surface area contributed by atoms with E-state index in [1.54, 1.807) is 26.8 Å². The summed E-state index contributed by atoms with van der Waals surface area (Å²) in [4.78, 5) is 0. The summed E-state index contributed by atoms with van der Waals surface area (Å²) in [6.07, 6.45) is 0. The summed E-state index contributed by atoms with van der Waals surface area (Å²) in [5.41, 5.74) is -0.750. The molecule has 0 atom stereocenters. The number of rotatable bonds is 0. The Bertz CT molecular complexity index is 74.0. The van der Waals surface area contributed by atoms with Gasteiger partial charge in [0, 0.05) is 6.92 Å². The fourth-order valence-corrected chi connectivity index (χ4v) is 0. The Morgan fingerprint density at radius 2 is 1.33 bits per heavy atom. The van der Waals surface area contributed by atoms with Gasteiger partial charge >= 0.3 is 51.4 Å². The van der Waals surface area contributed by atoms with E-state index in [2.05, 4.69) is 0 Å². The van der Waals surface area contributed by atoms with E-state index in [1.807, 2.05) is 0 Å². The standard InChI is InChI=1S/C4H9O.C2H3N.K/c1-4(2,3)5;1-2-3;/h1-3H3;1H3;/q-1;;+1. The first kappa shape index (κ1) is 16.6. The van der Waals surface area contributed by atoms with Crippen molar-refractivity contribution in [2.24, 2.45) is 0 Å². The first-order valence-corrected chi connectivity index (χ1v) is 2.43. The van der Waals surface area contributed by atoms with E-state index in [1.165, 1.54) is 6.92 Å². The molecule has 0 radical (unpaired) electrons. The van der Waals surface area contributed by atoms with E-state index < -0.39 is 5.60 Å². The number of hydrogen-bond acceptors (Lipinski definition) is 2. The van der Waals surface area contributed by atoms with Gasteiger partial charge in [0.15, 0.2) is 0 Å².